The lowest BCUT2D eigenvalue weighted by molar-refractivity contribution is 0.0197. The predicted molar refractivity (Wildman–Crippen MR) is 87.3 cm³/mol. The molecular weight excluding hydrogens is 312 g/mol. The van der Waals surface area contributed by atoms with Crippen LogP contribution >= 0.6 is 0 Å². The number of ether oxygens (including phenoxy) is 4. The minimum absolute atomic E-state index is 0.000167. The van der Waals surface area contributed by atoms with Gasteiger partial charge < -0.3 is 29.2 Å². The minimum atomic E-state index is -0.771. The molecule has 3 rings (SSSR count). The van der Waals surface area contributed by atoms with Crippen molar-refractivity contribution in [2.45, 2.75) is 18.6 Å². The number of benzene rings is 2. The Kier molecular flexibility index (Phi) is 4.40. The van der Waals surface area contributed by atoms with E-state index in [1.807, 2.05) is 0 Å². The Hall–Kier alpha value is -2.60. The minimum Gasteiger partial charge on any atom is -0.504 e. The zero-order valence-electron chi connectivity index (χ0n) is 13.8. The molecule has 1 heterocycles. The molecule has 0 spiro atoms. The number of phenolic OH excluding ortho intramolecular Hbond substituents is 1. The van der Waals surface area contributed by atoms with Crippen LogP contribution in [0.2, 0.25) is 0 Å². The standard InChI is InChI=1S/C18H20O6/c1-21-11-7-16(23-3)12-9-14(20)18(24-17(12)8-11)10-4-5-15(22-2)13(19)6-10/h4-8,14,18-20H,9H2,1-3H3/t14-,18+/m1/s1. The highest BCUT2D eigenvalue weighted by Gasteiger charge is 2.32. The smallest absolute Gasteiger partial charge is 0.160 e. The first-order valence-corrected chi connectivity index (χ1v) is 7.54. The van der Waals surface area contributed by atoms with E-state index in [0.717, 1.165) is 5.56 Å². The third-order valence-corrected chi connectivity index (χ3v) is 4.15. The molecule has 2 aromatic carbocycles. The summed E-state index contributed by atoms with van der Waals surface area (Å²) in [5.41, 5.74) is 1.45. The zero-order chi connectivity index (χ0) is 17.3. The first-order valence-electron chi connectivity index (χ1n) is 7.54. The lowest BCUT2D eigenvalue weighted by Crippen LogP contribution is -2.30. The van der Waals surface area contributed by atoms with E-state index >= 15 is 0 Å². The summed E-state index contributed by atoms with van der Waals surface area (Å²) in [6, 6.07) is 8.46. The molecule has 128 valence electrons. The topological polar surface area (TPSA) is 77.4 Å². The van der Waals surface area contributed by atoms with Crippen LogP contribution in [0.15, 0.2) is 30.3 Å². The van der Waals surface area contributed by atoms with Gasteiger partial charge in [0, 0.05) is 24.1 Å². The molecule has 0 fully saturated rings. The maximum atomic E-state index is 10.5. The predicted octanol–water partition coefficient (Wildman–Crippen LogP) is 2.46. The van der Waals surface area contributed by atoms with Gasteiger partial charge in [0.15, 0.2) is 11.5 Å². The van der Waals surface area contributed by atoms with E-state index in [-0.39, 0.29) is 5.75 Å². The fourth-order valence-electron chi connectivity index (χ4n) is 2.91. The summed E-state index contributed by atoms with van der Waals surface area (Å²) in [6.45, 7) is 0. The number of aliphatic hydroxyl groups excluding tert-OH is 1. The maximum Gasteiger partial charge on any atom is 0.160 e. The molecule has 0 aromatic heterocycles. The molecule has 0 amide bonds. The van der Waals surface area contributed by atoms with Gasteiger partial charge in [-0.15, -0.1) is 0 Å². The Morgan fingerprint density at radius 2 is 1.75 bits per heavy atom. The number of hydrogen-bond acceptors (Lipinski definition) is 6. The van der Waals surface area contributed by atoms with Crippen molar-refractivity contribution in [2.75, 3.05) is 21.3 Å². The molecule has 1 aliphatic rings. The second-order valence-electron chi connectivity index (χ2n) is 5.55. The van der Waals surface area contributed by atoms with Crippen molar-refractivity contribution in [1.82, 2.24) is 0 Å². The van der Waals surface area contributed by atoms with Crippen LogP contribution in [0.5, 0.6) is 28.7 Å². The molecule has 6 heteroatoms. The van der Waals surface area contributed by atoms with E-state index in [4.69, 9.17) is 18.9 Å². The molecule has 0 saturated heterocycles. The van der Waals surface area contributed by atoms with Gasteiger partial charge in [-0.05, 0) is 17.7 Å². The van der Waals surface area contributed by atoms with Crippen molar-refractivity contribution in [3.8, 4) is 28.7 Å². The molecular formula is C18H20O6. The van der Waals surface area contributed by atoms with E-state index in [2.05, 4.69) is 0 Å². The normalized spacial score (nSPS) is 19.2. The van der Waals surface area contributed by atoms with Crippen LogP contribution in [0, 0.1) is 0 Å². The first-order chi connectivity index (χ1) is 11.6. The summed E-state index contributed by atoms with van der Waals surface area (Å²) in [7, 11) is 4.61. The second-order valence-corrected chi connectivity index (χ2v) is 5.55. The summed E-state index contributed by atoms with van der Waals surface area (Å²) >= 11 is 0. The average Bonchev–Trinajstić information content (AvgIpc) is 2.60. The van der Waals surface area contributed by atoms with Gasteiger partial charge in [0.25, 0.3) is 0 Å². The molecule has 2 atom stereocenters. The van der Waals surface area contributed by atoms with Crippen LogP contribution in [0.1, 0.15) is 17.2 Å². The van der Waals surface area contributed by atoms with E-state index in [0.29, 0.717) is 35.0 Å². The molecule has 0 aliphatic carbocycles. The summed E-state index contributed by atoms with van der Waals surface area (Å²) in [5.74, 6) is 2.18. The van der Waals surface area contributed by atoms with Crippen molar-refractivity contribution in [3.05, 3.63) is 41.5 Å². The van der Waals surface area contributed by atoms with Gasteiger partial charge in [0.05, 0.1) is 27.4 Å². The second kappa shape index (κ2) is 6.49. The fraction of sp³-hybridized carbons (Fsp3) is 0.333. The number of hydrogen-bond donors (Lipinski definition) is 2. The largest absolute Gasteiger partial charge is 0.504 e. The van der Waals surface area contributed by atoms with Gasteiger partial charge in [-0.3, -0.25) is 0 Å². The zero-order valence-corrected chi connectivity index (χ0v) is 13.8. The van der Waals surface area contributed by atoms with Gasteiger partial charge >= 0.3 is 0 Å². The van der Waals surface area contributed by atoms with Crippen molar-refractivity contribution < 1.29 is 29.2 Å². The van der Waals surface area contributed by atoms with E-state index in [1.165, 1.54) is 13.2 Å². The number of fused-ring (bicyclic) bond motifs is 1. The maximum absolute atomic E-state index is 10.5. The third-order valence-electron chi connectivity index (χ3n) is 4.15. The lowest BCUT2D eigenvalue weighted by Gasteiger charge is -2.32. The van der Waals surface area contributed by atoms with Gasteiger partial charge in [-0.25, -0.2) is 0 Å². The van der Waals surface area contributed by atoms with E-state index < -0.39 is 12.2 Å². The Balaban J connectivity index is 1.98. The molecule has 0 bridgehead atoms. The van der Waals surface area contributed by atoms with Crippen LogP contribution < -0.4 is 18.9 Å². The summed E-state index contributed by atoms with van der Waals surface area (Å²) in [4.78, 5) is 0. The van der Waals surface area contributed by atoms with Crippen molar-refractivity contribution >= 4 is 0 Å². The molecule has 2 N–H and O–H groups in total. The van der Waals surface area contributed by atoms with Crippen LogP contribution in [-0.2, 0) is 6.42 Å². The molecule has 0 unspecified atom stereocenters. The van der Waals surface area contributed by atoms with Crippen LogP contribution in [-0.4, -0.2) is 37.6 Å². The SMILES string of the molecule is COc1cc(OC)c2c(c1)O[C@@H](c1ccc(OC)c(O)c1)[C@H](O)C2. The number of rotatable bonds is 4. The Labute approximate surface area is 140 Å². The monoisotopic (exact) mass is 332 g/mol. The molecule has 0 saturated carbocycles. The van der Waals surface area contributed by atoms with Crippen LogP contribution in [0.25, 0.3) is 0 Å². The van der Waals surface area contributed by atoms with Gasteiger partial charge in [-0.1, -0.05) is 6.07 Å². The molecule has 1 aliphatic heterocycles. The fourth-order valence-corrected chi connectivity index (χ4v) is 2.91. The quantitative estimate of drug-likeness (QED) is 0.895. The number of methoxy groups -OCH3 is 3. The lowest BCUT2D eigenvalue weighted by atomic mass is 9.94. The molecule has 6 nitrogen and oxygen atoms in total. The van der Waals surface area contributed by atoms with Crippen LogP contribution in [0.3, 0.4) is 0 Å². The number of aromatic hydroxyl groups is 1. The molecule has 0 radical (unpaired) electrons. The van der Waals surface area contributed by atoms with Crippen molar-refractivity contribution in [1.29, 1.82) is 0 Å². The van der Waals surface area contributed by atoms with Gasteiger partial charge in [0.2, 0.25) is 0 Å². The van der Waals surface area contributed by atoms with Crippen molar-refractivity contribution in [2.24, 2.45) is 0 Å². The average molecular weight is 332 g/mol. The molecule has 24 heavy (non-hydrogen) atoms. The third kappa shape index (κ3) is 2.80. The highest BCUT2D eigenvalue weighted by molar-refractivity contribution is 5.53. The summed E-state index contributed by atoms with van der Waals surface area (Å²) < 4.78 is 21.7. The number of aliphatic hydroxyl groups is 1. The van der Waals surface area contributed by atoms with E-state index in [9.17, 15) is 10.2 Å². The summed E-state index contributed by atoms with van der Waals surface area (Å²) in [5, 5.41) is 20.5. The highest BCUT2D eigenvalue weighted by Crippen LogP contribution is 2.43. The number of phenols is 1. The van der Waals surface area contributed by atoms with E-state index in [1.54, 1.807) is 38.5 Å². The highest BCUT2D eigenvalue weighted by atomic mass is 16.5. The van der Waals surface area contributed by atoms with Crippen molar-refractivity contribution in [3.63, 3.8) is 0 Å². The summed E-state index contributed by atoms with van der Waals surface area (Å²) in [6.07, 6.45) is -1.00. The Bertz CT molecular complexity index is 743. The van der Waals surface area contributed by atoms with Crippen LogP contribution in [0.4, 0.5) is 0 Å². The first kappa shape index (κ1) is 16.3. The molecule has 2 aromatic rings. The Morgan fingerprint density at radius 1 is 1.00 bits per heavy atom. The Morgan fingerprint density at radius 3 is 2.38 bits per heavy atom. The van der Waals surface area contributed by atoms with Gasteiger partial charge in [0.1, 0.15) is 23.4 Å². The van der Waals surface area contributed by atoms with Gasteiger partial charge in [-0.2, -0.15) is 0 Å².